The van der Waals surface area contributed by atoms with Crippen LogP contribution < -0.4 is 14.2 Å². The molecular weight excluding hydrogens is 336 g/mol. The SMILES string of the molecule is COc1cc(C(C)=O)cc(OC)c1O[C@H]1O[C@@H](CO)[C@H](O)[C@@H](O)[C@@H]1O. The number of rotatable bonds is 6. The number of benzene rings is 1. The van der Waals surface area contributed by atoms with Crippen LogP contribution in [0.2, 0.25) is 0 Å². The van der Waals surface area contributed by atoms with Crippen molar-refractivity contribution in [1.29, 1.82) is 0 Å². The molecule has 5 atom stereocenters. The second kappa shape index (κ2) is 7.98. The van der Waals surface area contributed by atoms with Gasteiger partial charge in [-0.2, -0.15) is 0 Å². The van der Waals surface area contributed by atoms with Gasteiger partial charge in [0.25, 0.3) is 0 Å². The molecule has 1 aromatic rings. The highest BCUT2D eigenvalue weighted by molar-refractivity contribution is 5.95. The zero-order valence-electron chi connectivity index (χ0n) is 14.1. The third-order valence-electron chi connectivity index (χ3n) is 3.95. The van der Waals surface area contributed by atoms with Crippen molar-refractivity contribution >= 4 is 5.78 Å². The van der Waals surface area contributed by atoms with Crippen molar-refractivity contribution in [3.05, 3.63) is 17.7 Å². The number of carbonyl (C=O) groups excluding carboxylic acids is 1. The Hall–Kier alpha value is -1.91. The van der Waals surface area contributed by atoms with Crippen LogP contribution in [0, 0.1) is 0 Å². The number of hydrogen-bond donors (Lipinski definition) is 4. The number of aliphatic hydroxyl groups is 4. The number of methoxy groups -OCH3 is 2. The lowest BCUT2D eigenvalue weighted by molar-refractivity contribution is -0.277. The van der Waals surface area contributed by atoms with Crippen LogP contribution in [0.15, 0.2) is 12.1 Å². The molecule has 0 aliphatic carbocycles. The van der Waals surface area contributed by atoms with Gasteiger partial charge in [-0.15, -0.1) is 0 Å². The third-order valence-corrected chi connectivity index (χ3v) is 3.95. The summed E-state index contributed by atoms with van der Waals surface area (Å²) in [6, 6.07) is 2.87. The summed E-state index contributed by atoms with van der Waals surface area (Å²) < 4.78 is 21.3. The Labute approximate surface area is 144 Å². The van der Waals surface area contributed by atoms with E-state index >= 15 is 0 Å². The monoisotopic (exact) mass is 358 g/mol. The highest BCUT2D eigenvalue weighted by Gasteiger charge is 2.45. The first-order chi connectivity index (χ1) is 11.8. The smallest absolute Gasteiger partial charge is 0.229 e. The van der Waals surface area contributed by atoms with Crippen molar-refractivity contribution in [1.82, 2.24) is 0 Å². The van der Waals surface area contributed by atoms with E-state index in [2.05, 4.69) is 0 Å². The summed E-state index contributed by atoms with van der Waals surface area (Å²) in [6.07, 6.45) is -7.17. The van der Waals surface area contributed by atoms with E-state index in [1.807, 2.05) is 0 Å². The van der Waals surface area contributed by atoms with Crippen LogP contribution in [0.1, 0.15) is 17.3 Å². The molecule has 4 N–H and O–H groups in total. The molecule has 1 aliphatic heterocycles. The summed E-state index contributed by atoms with van der Waals surface area (Å²) in [7, 11) is 2.72. The van der Waals surface area contributed by atoms with E-state index in [1.165, 1.54) is 33.3 Å². The summed E-state index contributed by atoms with van der Waals surface area (Å²) in [5.74, 6) is 0.137. The maximum Gasteiger partial charge on any atom is 0.229 e. The van der Waals surface area contributed by atoms with Gasteiger partial charge in [0, 0.05) is 5.56 Å². The van der Waals surface area contributed by atoms with Gasteiger partial charge in [-0.3, -0.25) is 4.79 Å². The van der Waals surface area contributed by atoms with Gasteiger partial charge >= 0.3 is 0 Å². The van der Waals surface area contributed by atoms with Crippen molar-refractivity contribution in [2.24, 2.45) is 0 Å². The number of hydrogen-bond acceptors (Lipinski definition) is 9. The van der Waals surface area contributed by atoms with Crippen molar-refractivity contribution in [2.45, 2.75) is 37.6 Å². The zero-order valence-corrected chi connectivity index (χ0v) is 14.1. The van der Waals surface area contributed by atoms with Crippen molar-refractivity contribution < 1.29 is 44.2 Å². The van der Waals surface area contributed by atoms with Gasteiger partial charge in [-0.05, 0) is 19.1 Å². The molecule has 9 nitrogen and oxygen atoms in total. The minimum absolute atomic E-state index is 0.0410. The van der Waals surface area contributed by atoms with Gasteiger partial charge in [0.1, 0.15) is 24.4 Å². The lowest BCUT2D eigenvalue weighted by Gasteiger charge is -2.39. The van der Waals surface area contributed by atoms with Crippen LogP contribution >= 0.6 is 0 Å². The maximum absolute atomic E-state index is 11.6. The molecule has 1 heterocycles. The fraction of sp³-hybridized carbons (Fsp3) is 0.562. The fourth-order valence-electron chi connectivity index (χ4n) is 2.48. The van der Waals surface area contributed by atoms with E-state index < -0.39 is 37.3 Å². The maximum atomic E-state index is 11.6. The Morgan fingerprint density at radius 3 is 2.08 bits per heavy atom. The van der Waals surface area contributed by atoms with Gasteiger partial charge in [0.15, 0.2) is 17.3 Å². The summed E-state index contributed by atoms with van der Waals surface area (Å²) in [4.78, 5) is 11.6. The van der Waals surface area contributed by atoms with Crippen molar-refractivity contribution in [3.8, 4) is 17.2 Å². The molecule has 0 amide bonds. The molecular formula is C16H22O9. The van der Waals surface area contributed by atoms with Crippen LogP contribution in [-0.4, -0.2) is 77.7 Å². The molecule has 1 saturated heterocycles. The minimum Gasteiger partial charge on any atom is -0.493 e. The van der Waals surface area contributed by atoms with Gasteiger partial charge in [-0.25, -0.2) is 0 Å². The molecule has 0 radical (unpaired) electrons. The lowest BCUT2D eigenvalue weighted by Crippen LogP contribution is -2.60. The molecule has 2 rings (SSSR count). The van der Waals surface area contributed by atoms with Gasteiger partial charge in [-0.1, -0.05) is 0 Å². The minimum atomic E-state index is -1.58. The average molecular weight is 358 g/mol. The first kappa shape index (κ1) is 19.4. The summed E-state index contributed by atoms with van der Waals surface area (Å²) in [5, 5.41) is 38.9. The Morgan fingerprint density at radius 1 is 1.08 bits per heavy atom. The predicted molar refractivity (Wildman–Crippen MR) is 83.9 cm³/mol. The van der Waals surface area contributed by atoms with Crippen molar-refractivity contribution in [2.75, 3.05) is 20.8 Å². The Kier molecular flexibility index (Phi) is 6.20. The lowest BCUT2D eigenvalue weighted by atomic mass is 9.99. The topological polar surface area (TPSA) is 135 Å². The van der Waals surface area contributed by atoms with Crippen molar-refractivity contribution in [3.63, 3.8) is 0 Å². The van der Waals surface area contributed by atoms with Crippen LogP contribution in [-0.2, 0) is 4.74 Å². The van der Waals surface area contributed by atoms with Crippen LogP contribution in [0.3, 0.4) is 0 Å². The molecule has 1 aromatic carbocycles. The first-order valence-electron chi connectivity index (χ1n) is 7.58. The normalized spacial score (nSPS) is 29.2. The zero-order chi connectivity index (χ0) is 18.7. The molecule has 0 saturated carbocycles. The highest BCUT2D eigenvalue weighted by Crippen LogP contribution is 2.40. The summed E-state index contributed by atoms with van der Waals surface area (Å²) in [5.41, 5.74) is 0.329. The largest absolute Gasteiger partial charge is 0.493 e. The number of carbonyl (C=O) groups is 1. The number of ketones is 1. The van der Waals surface area contributed by atoms with Gasteiger partial charge in [0.05, 0.1) is 20.8 Å². The molecule has 0 aromatic heterocycles. The summed E-state index contributed by atoms with van der Waals surface area (Å²) >= 11 is 0. The fourth-order valence-corrected chi connectivity index (χ4v) is 2.48. The van der Waals surface area contributed by atoms with Gasteiger partial charge < -0.3 is 39.4 Å². The standard InChI is InChI=1S/C16H22O9/c1-7(18)8-4-9(22-2)15(10(5-8)23-3)25-16-14(21)13(20)12(19)11(6-17)24-16/h4-5,11-14,16-17,19-21H,6H2,1-3H3/t11-,12-,13+,14-,16+/m0/s1. The second-order valence-corrected chi connectivity index (χ2v) is 5.58. The quantitative estimate of drug-likeness (QED) is 0.476. The molecule has 0 bridgehead atoms. The molecule has 1 aliphatic rings. The van der Waals surface area contributed by atoms with E-state index in [9.17, 15) is 25.2 Å². The molecule has 9 heteroatoms. The Morgan fingerprint density at radius 2 is 1.64 bits per heavy atom. The van der Waals surface area contributed by atoms with Crippen LogP contribution in [0.5, 0.6) is 17.2 Å². The van der Waals surface area contributed by atoms with E-state index in [0.717, 1.165) is 0 Å². The first-order valence-corrected chi connectivity index (χ1v) is 7.58. The van der Waals surface area contributed by atoms with E-state index in [4.69, 9.17) is 18.9 Å². The molecule has 140 valence electrons. The third kappa shape index (κ3) is 3.86. The van der Waals surface area contributed by atoms with Gasteiger partial charge in [0.2, 0.25) is 12.0 Å². The predicted octanol–water partition coefficient (Wildman–Crippen LogP) is -0.915. The second-order valence-electron chi connectivity index (χ2n) is 5.58. The average Bonchev–Trinajstić information content (AvgIpc) is 2.61. The van der Waals surface area contributed by atoms with Crippen LogP contribution in [0.25, 0.3) is 0 Å². The molecule has 25 heavy (non-hydrogen) atoms. The molecule has 1 fully saturated rings. The highest BCUT2D eigenvalue weighted by atomic mass is 16.7. The van der Waals surface area contributed by atoms with Crippen LogP contribution in [0.4, 0.5) is 0 Å². The number of Topliss-reactive ketones (excluding diaryl/α,β-unsaturated/α-hetero) is 1. The molecule has 0 unspecified atom stereocenters. The number of ether oxygens (including phenoxy) is 4. The molecule has 0 spiro atoms. The number of aliphatic hydroxyl groups excluding tert-OH is 4. The van der Waals surface area contributed by atoms with E-state index in [0.29, 0.717) is 5.56 Å². The van der Waals surface area contributed by atoms with E-state index in [1.54, 1.807) is 0 Å². The van der Waals surface area contributed by atoms with E-state index in [-0.39, 0.29) is 23.0 Å². The Bertz CT molecular complexity index is 591. The Balaban J connectivity index is 2.36. The summed E-state index contributed by atoms with van der Waals surface area (Å²) in [6.45, 7) is 0.800.